The Morgan fingerprint density at radius 2 is 1.79 bits per heavy atom. The van der Waals surface area contributed by atoms with E-state index in [-0.39, 0.29) is 0 Å². The number of fused-ring (bicyclic) bond motifs is 1. The minimum absolute atomic E-state index is 0.292. The Hall–Kier alpha value is -2.25. The maximum atomic E-state index is 13.0. The van der Waals surface area contributed by atoms with Crippen LogP contribution in [0.1, 0.15) is 0 Å². The van der Waals surface area contributed by atoms with Crippen LogP contribution in [0.25, 0.3) is 5.69 Å². The highest BCUT2D eigenvalue weighted by molar-refractivity contribution is 8.00. The molecule has 7 heteroatoms. The summed E-state index contributed by atoms with van der Waals surface area (Å²) in [6.07, 6.45) is 3.51. The van der Waals surface area contributed by atoms with Gasteiger partial charge in [0.05, 0.1) is 16.3 Å². The molecule has 0 atom stereocenters. The van der Waals surface area contributed by atoms with Crippen LogP contribution in [-0.4, -0.2) is 30.5 Å². The Morgan fingerprint density at radius 1 is 1.00 bits per heavy atom. The van der Waals surface area contributed by atoms with E-state index in [0.717, 1.165) is 22.0 Å². The van der Waals surface area contributed by atoms with Crippen molar-refractivity contribution in [3.63, 3.8) is 0 Å². The van der Waals surface area contributed by atoms with Crippen molar-refractivity contribution in [3.05, 3.63) is 67.0 Å². The second kappa shape index (κ2) is 5.99. The summed E-state index contributed by atoms with van der Waals surface area (Å²) in [5.74, 6) is 0.752. The van der Waals surface area contributed by atoms with Gasteiger partial charge in [-0.1, -0.05) is 12.1 Å². The molecule has 1 aliphatic rings. The first-order chi connectivity index (χ1) is 11.7. The van der Waals surface area contributed by atoms with Crippen molar-refractivity contribution < 1.29 is 8.42 Å². The predicted octanol–water partition coefficient (Wildman–Crippen LogP) is 3.17. The predicted molar refractivity (Wildman–Crippen MR) is 95.3 cm³/mol. The molecule has 2 heterocycles. The first-order valence-corrected chi connectivity index (χ1v) is 9.93. The van der Waals surface area contributed by atoms with Gasteiger partial charge in [-0.3, -0.25) is 4.31 Å². The van der Waals surface area contributed by atoms with E-state index in [1.54, 1.807) is 46.9 Å². The highest BCUT2D eigenvalue weighted by Gasteiger charge is 2.29. The molecule has 24 heavy (non-hydrogen) atoms. The van der Waals surface area contributed by atoms with Crippen LogP contribution in [0.3, 0.4) is 0 Å². The van der Waals surface area contributed by atoms with Gasteiger partial charge in [-0.05, 0) is 42.5 Å². The van der Waals surface area contributed by atoms with E-state index in [9.17, 15) is 8.42 Å². The molecule has 0 saturated heterocycles. The van der Waals surface area contributed by atoms with Crippen molar-refractivity contribution >= 4 is 27.5 Å². The lowest BCUT2D eigenvalue weighted by molar-refractivity contribution is 0.591. The number of sulfonamides is 1. The summed E-state index contributed by atoms with van der Waals surface area (Å²) in [6, 6.07) is 16.3. The maximum absolute atomic E-state index is 13.0. The summed E-state index contributed by atoms with van der Waals surface area (Å²) in [4.78, 5) is 1.29. The van der Waals surface area contributed by atoms with Crippen LogP contribution in [0, 0.1) is 0 Å². The molecule has 5 nitrogen and oxygen atoms in total. The fourth-order valence-corrected chi connectivity index (χ4v) is 5.37. The van der Waals surface area contributed by atoms with Crippen LogP contribution in [-0.2, 0) is 10.0 Å². The summed E-state index contributed by atoms with van der Waals surface area (Å²) in [5.41, 5.74) is 1.58. The Balaban J connectivity index is 1.71. The molecule has 0 fully saturated rings. The lowest BCUT2D eigenvalue weighted by Gasteiger charge is -2.30. The molecular weight excluding hydrogens is 342 g/mol. The third-order valence-electron chi connectivity index (χ3n) is 3.88. The Kier molecular flexibility index (Phi) is 3.82. The zero-order valence-electron chi connectivity index (χ0n) is 12.7. The van der Waals surface area contributed by atoms with Gasteiger partial charge in [-0.25, -0.2) is 13.1 Å². The molecule has 1 aromatic heterocycles. The van der Waals surface area contributed by atoms with Gasteiger partial charge in [0.25, 0.3) is 10.0 Å². The Labute approximate surface area is 145 Å². The number of hydrogen-bond acceptors (Lipinski definition) is 4. The van der Waals surface area contributed by atoms with Gasteiger partial charge in [0.1, 0.15) is 0 Å². The van der Waals surface area contributed by atoms with Crippen molar-refractivity contribution in [2.45, 2.75) is 9.79 Å². The number of benzene rings is 2. The molecule has 4 rings (SSSR count). The van der Waals surface area contributed by atoms with Crippen LogP contribution in [0.4, 0.5) is 5.69 Å². The zero-order chi connectivity index (χ0) is 16.6. The van der Waals surface area contributed by atoms with E-state index < -0.39 is 10.0 Å². The molecule has 0 aliphatic carbocycles. The topological polar surface area (TPSA) is 55.2 Å². The van der Waals surface area contributed by atoms with Crippen molar-refractivity contribution in [3.8, 4) is 5.69 Å². The largest absolute Gasteiger partial charge is 0.264 e. The number of rotatable bonds is 3. The van der Waals surface area contributed by atoms with Gasteiger partial charge >= 0.3 is 0 Å². The fraction of sp³-hybridized carbons (Fsp3) is 0.118. The van der Waals surface area contributed by atoms with Gasteiger partial charge in [-0.2, -0.15) is 5.10 Å². The van der Waals surface area contributed by atoms with Crippen LogP contribution >= 0.6 is 11.8 Å². The summed E-state index contributed by atoms with van der Waals surface area (Å²) >= 11 is 1.69. The van der Waals surface area contributed by atoms with Gasteiger partial charge in [0.15, 0.2) is 0 Å². The minimum atomic E-state index is -3.57. The van der Waals surface area contributed by atoms with E-state index in [4.69, 9.17) is 0 Å². The number of para-hydroxylation sites is 1. The molecular formula is C17H15N3O2S2. The van der Waals surface area contributed by atoms with E-state index >= 15 is 0 Å². The lowest BCUT2D eigenvalue weighted by atomic mass is 10.3. The molecule has 0 saturated carbocycles. The SMILES string of the molecule is O=S(=O)(c1ccc(-n2cccn2)cc1)N1CCSc2ccccc21. The average Bonchev–Trinajstić information content (AvgIpc) is 3.16. The first-order valence-electron chi connectivity index (χ1n) is 7.51. The molecule has 0 bridgehead atoms. The van der Waals surface area contributed by atoms with Crippen LogP contribution in [0.5, 0.6) is 0 Å². The molecule has 0 amide bonds. The van der Waals surface area contributed by atoms with Gasteiger partial charge in [-0.15, -0.1) is 11.8 Å². The summed E-state index contributed by atoms with van der Waals surface area (Å²) in [7, 11) is -3.57. The monoisotopic (exact) mass is 357 g/mol. The number of anilines is 1. The first kappa shape index (κ1) is 15.3. The molecule has 0 radical (unpaired) electrons. The third-order valence-corrected chi connectivity index (χ3v) is 6.75. The van der Waals surface area contributed by atoms with Gasteiger partial charge in [0.2, 0.25) is 0 Å². The summed E-state index contributed by atoms with van der Waals surface area (Å²) < 4.78 is 29.3. The van der Waals surface area contributed by atoms with E-state index in [2.05, 4.69) is 5.10 Å². The molecule has 0 spiro atoms. The number of hydrogen-bond donors (Lipinski definition) is 0. The lowest BCUT2D eigenvalue weighted by Crippen LogP contribution is -2.35. The number of thioether (sulfide) groups is 1. The van der Waals surface area contributed by atoms with Crippen molar-refractivity contribution in [1.29, 1.82) is 0 Å². The molecule has 0 unspecified atom stereocenters. The highest BCUT2D eigenvalue weighted by Crippen LogP contribution is 2.37. The number of nitrogens with zero attached hydrogens (tertiary/aromatic N) is 3. The van der Waals surface area contributed by atoms with Crippen molar-refractivity contribution in [1.82, 2.24) is 9.78 Å². The smallest absolute Gasteiger partial charge is 0.264 e. The molecule has 2 aromatic carbocycles. The van der Waals surface area contributed by atoms with Crippen molar-refractivity contribution in [2.75, 3.05) is 16.6 Å². The van der Waals surface area contributed by atoms with Gasteiger partial charge in [0, 0.05) is 29.6 Å². The van der Waals surface area contributed by atoms with E-state index in [1.165, 1.54) is 4.31 Å². The van der Waals surface area contributed by atoms with Crippen LogP contribution in [0.2, 0.25) is 0 Å². The summed E-state index contributed by atoms with van der Waals surface area (Å²) in [5, 5.41) is 4.15. The van der Waals surface area contributed by atoms with Crippen LogP contribution in [0.15, 0.2) is 76.8 Å². The maximum Gasteiger partial charge on any atom is 0.264 e. The number of aromatic nitrogens is 2. The van der Waals surface area contributed by atoms with E-state index in [0.29, 0.717) is 11.4 Å². The zero-order valence-corrected chi connectivity index (χ0v) is 14.4. The Morgan fingerprint density at radius 3 is 2.54 bits per heavy atom. The minimum Gasteiger partial charge on any atom is -0.264 e. The van der Waals surface area contributed by atoms with Crippen LogP contribution < -0.4 is 4.31 Å². The molecule has 3 aromatic rings. The van der Waals surface area contributed by atoms with E-state index in [1.807, 2.05) is 36.5 Å². The summed E-state index contributed by atoms with van der Waals surface area (Å²) in [6.45, 7) is 0.477. The highest BCUT2D eigenvalue weighted by atomic mass is 32.2. The standard InChI is InChI=1S/C17H15N3O2S2/c21-24(22,20-12-13-23-17-5-2-1-4-16(17)20)15-8-6-14(7-9-15)19-11-3-10-18-19/h1-11H,12-13H2. The van der Waals surface area contributed by atoms with Gasteiger partial charge < -0.3 is 0 Å². The quantitative estimate of drug-likeness (QED) is 0.722. The van der Waals surface area contributed by atoms with Crippen molar-refractivity contribution in [2.24, 2.45) is 0 Å². The fourth-order valence-electron chi connectivity index (χ4n) is 2.71. The average molecular weight is 357 g/mol. The molecule has 122 valence electrons. The second-order valence-corrected chi connectivity index (χ2v) is 8.34. The molecule has 0 N–H and O–H groups in total. The Bertz CT molecular complexity index is 952. The molecule has 1 aliphatic heterocycles. The second-order valence-electron chi connectivity index (χ2n) is 5.34. The normalized spacial score (nSPS) is 14.4. The third kappa shape index (κ3) is 2.59.